The molecule has 1 aliphatic rings. The van der Waals surface area contributed by atoms with E-state index in [1.54, 1.807) is 12.4 Å². The summed E-state index contributed by atoms with van der Waals surface area (Å²) in [5.41, 5.74) is 9.56. The molecule has 0 spiro atoms. The van der Waals surface area contributed by atoms with Gasteiger partial charge >= 0.3 is 0 Å². The second-order valence-corrected chi connectivity index (χ2v) is 6.11. The lowest BCUT2D eigenvalue weighted by Gasteiger charge is -2.09. The molecule has 0 aliphatic carbocycles. The maximum Gasteiger partial charge on any atom is 0.213 e. The Balaban J connectivity index is 1.38. The number of nitrogen functional groups attached to an aromatic ring is 1. The minimum atomic E-state index is 0.419. The van der Waals surface area contributed by atoms with E-state index in [-0.39, 0.29) is 0 Å². The summed E-state index contributed by atoms with van der Waals surface area (Å²) in [6.45, 7) is 1.33. The highest BCUT2D eigenvalue weighted by atomic mass is 16.5. The zero-order valence-electron chi connectivity index (χ0n) is 14.6. The van der Waals surface area contributed by atoms with Crippen LogP contribution in [0, 0.1) is 0 Å². The van der Waals surface area contributed by atoms with Gasteiger partial charge in [0.15, 0.2) is 5.76 Å². The van der Waals surface area contributed by atoms with E-state index in [9.17, 15) is 0 Å². The van der Waals surface area contributed by atoms with Crippen molar-refractivity contribution in [3.63, 3.8) is 0 Å². The molecule has 0 saturated heterocycles. The van der Waals surface area contributed by atoms with Crippen LogP contribution in [0.3, 0.4) is 0 Å². The number of anilines is 1. The van der Waals surface area contributed by atoms with Crippen molar-refractivity contribution >= 4 is 5.82 Å². The maximum atomic E-state index is 5.88. The Morgan fingerprint density at radius 2 is 2.19 bits per heavy atom. The number of hydrogen-bond donors (Lipinski definition) is 2. The first-order valence-corrected chi connectivity index (χ1v) is 8.61. The first-order chi connectivity index (χ1) is 13.3. The smallest absolute Gasteiger partial charge is 0.213 e. The molecular weight excluding hydrogens is 342 g/mol. The molecule has 0 bridgehead atoms. The molecule has 0 atom stereocenters. The molecule has 0 saturated carbocycles. The molecule has 27 heavy (non-hydrogen) atoms. The van der Waals surface area contributed by atoms with Gasteiger partial charge in [0.2, 0.25) is 5.88 Å². The molecular formula is C20H19N5O2. The van der Waals surface area contributed by atoms with Crippen LogP contribution in [-0.4, -0.2) is 28.3 Å². The second-order valence-electron chi connectivity index (χ2n) is 6.11. The number of nitrogens with one attached hydrogen (secondary N) is 1. The Bertz CT molecular complexity index is 976. The number of nitrogens with zero attached hydrogens (tertiary/aromatic N) is 3. The van der Waals surface area contributed by atoms with Gasteiger partial charge in [0.05, 0.1) is 11.3 Å². The van der Waals surface area contributed by atoms with Crippen LogP contribution >= 0.6 is 0 Å². The largest absolute Gasteiger partial charge is 0.473 e. The van der Waals surface area contributed by atoms with E-state index in [1.165, 1.54) is 0 Å². The quantitative estimate of drug-likeness (QED) is 0.696. The molecule has 4 rings (SSSR count). The Labute approximate surface area is 156 Å². The summed E-state index contributed by atoms with van der Waals surface area (Å²) >= 11 is 0. The average Bonchev–Trinajstić information content (AvgIpc) is 3.17. The van der Waals surface area contributed by atoms with Gasteiger partial charge < -0.3 is 20.3 Å². The predicted molar refractivity (Wildman–Crippen MR) is 102 cm³/mol. The first kappa shape index (κ1) is 16.8. The third-order valence-corrected chi connectivity index (χ3v) is 4.13. The van der Waals surface area contributed by atoms with E-state index in [4.69, 9.17) is 15.0 Å². The van der Waals surface area contributed by atoms with Crippen LogP contribution in [0.4, 0.5) is 5.82 Å². The maximum absolute atomic E-state index is 5.88. The van der Waals surface area contributed by atoms with E-state index >= 15 is 0 Å². The van der Waals surface area contributed by atoms with Gasteiger partial charge in [-0.05, 0) is 35.5 Å². The summed E-state index contributed by atoms with van der Waals surface area (Å²) < 4.78 is 11.1. The first-order valence-electron chi connectivity index (χ1n) is 8.61. The molecule has 7 heteroatoms. The fourth-order valence-corrected chi connectivity index (χ4v) is 2.71. The van der Waals surface area contributed by atoms with Crippen molar-refractivity contribution in [2.24, 2.45) is 0 Å². The fourth-order valence-electron chi connectivity index (χ4n) is 2.71. The van der Waals surface area contributed by atoms with Crippen molar-refractivity contribution in [3.05, 3.63) is 77.9 Å². The van der Waals surface area contributed by atoms with Gasteiger partial charge in [-0.25, -0.2) is 9.97 Å². The zero-order chi connectivity index (χ0) is 18.5. The highest BCUT2D eigenvalue weighted by molar-refractivity contribution is 5.69. The van der Waals surface area contributed by atoms with E-state index in [0.29, 0.717) is 30.5 Å². The Morgan fingerprint density at radius 3 is 2.96 bits per heavy atom. The zero-order valence-corrected chi connectivity index (χ0v) is 14.6. The normalized spacial score (nSPS) is 13.1. The fraction of sp³-hybridized carbons (Fsp3) is 0.150. The lowest BCUT2D eigenvalue weighted by molar-refractivity contribution is 0.340. The highest BCUT2D eigenvalue weighted by Crippen LogP contribution is 2.25. The minimum absolute atomic E-state index is 0.419. The van der Waals surface area contributed by atoms with Gasteiger partial charge in [-0.3, -0.25) is 0 Å². The topological polar surface area (TPSA) is 99.1 Å². The van der Waals surface area contributed by atoms with Gasteiger partial charge in [-0.1, -0.05) is 17.3 Å². The predicted octanol–water partition coefficient (Wildman–Crippen LogP) is 2.73. The highest BCUT2D eigenvalue weighted by Gasteiger charge is 2.11. The number of dihydropyridines is 1. The van der Waals surface area contributed by atoms with Crippen molar-refractivity contribution in [2.75, 3.05) is 18.9 Å². The van der Waals surface area contributed by atoms with Crippen molar-refractivity contribution in [2.45, 2.75) is 6.42 Å². The number of rotatable bonds is 6. The van der Waals surface area contributed by atoms with Crippen LogP contribution < -0.4 is 15.8 Å². The molecule has 7 nitrogen and oxygen atoms in total. The number of pyridine rings is 2. The van der Waals surface area contributed by atoms with E-state index in [2.05, 4.69) is 26.5 Å². The SMILES string of the molecule is Nc1ncccc1-c1cc(Cc2ccc(OCC3=CCNC=C3)nc2)no1. The standard InChI is InChI=1S/C20H19N5O2/c21-20-17(2-1-7-23-20)18-11-16(25-27-18)10-15-3-4-19(24-12-15)26-13-14-5-8-22-9-6-14/h1-8,11-12,22H,9-10,13H2,(H2,21,23). The monoisotopic (exact) mass is 361 g/mol. The molecule has 0 fully saturated rings. The molecule has 4 heterocycles. The lowest BCUT2D eigenvalue weighted by Crippen LogP contribution is -2.12. The number of hydrogen-bond acceptors (Lipinski definition) is 7. The minimum Gasteiger partial charge on any atom is -0.473 e. The molecule has 0 radical (unpaired) electrons. The Hall–Kier alpha value is -3.61. The van der Waals surface area contributed by atoms with Crippen molar-refractivity contribution in [1.82, 2.24) is 20.4 Å². The van der Waals surface area contributed by atoms with Crippen LogP contribution in [0.1, 0.15) is 11.3 Å². The second kappa shape index (κ2) is 7.74. The number of ether oxygens (including phenoxy) is 1. The molecule has 0 aromatic carbocycles. The molecule has 1 aliphatic heterocycles. The van der Waals surface area contributed by atoms with Gasteiger partial charge in [-0.15, -0.1) is 0 Å². The summed E-state index contributed by atoms with van der Waals surface area (Å²) in [7, 11) is 0. The lowest BCUT2D eigenvalue weighted by atomic mass is 10.1. The van der Waals surface area contributed by atoms with Crippen LogP contribution in [-0.2, 0) is 6.42 Å². The summed E-state index contributed by atoms with van der Waals surface area (Å²) in [6, 6.07) is 9.37. The third-order valence-electron chi connectivity index (χ3n) is 4.13. The van der Waals surface area contributed by atoms with E-state index in [0.717, 1.165) is 28.9 Å². The molecule has 3 N–H and O–H groups in total. The summed E-state index contributed by atoms with van der Waals surface area (Å²) in [4.78, 5) is 8.42. The molecule has 3 aromatic rings. The molecule has 0 amide bonds. The van der Waals surface area contributed by atoms with Crippen molar-refractivity contribution < 1.29 is 9.26 Å². The third kappa shape index (κ3) is 4.14. The van der Waals surface area contributed by atoms with Gasteiger partial charge in [-0.2, -0.15) is 0 Å². The summed E-state index contributed by atoms with van der Waals surface area (Å²) in [5.74, 6) is 1.62. The molecule has 0 unspecified atom stereocenters. The molecule has 136 valence electrons. The Kier molecular flexibility index (Phi) is 4.82. The van der Waals surface area contributed by atoms with Crippen LogP contribution in [0.2, 0.25) is 0 Å². The van der Waals surface area contributed by atoms with E-state index < -0.39 is 0 Å². The van der Waals surface area contributed by atoms with Crippen LogP contribution in [0.15, 0.2) is 71.2 Å². The summed E-state index contributed by atoms with van der Waals surface area (Å²) in [5, 5.41) is 7.22. The van der Waals surface area contributed by atoms with Crippen molar-refractivity contribution in [3.8, 4) is 17.2 Å². The van der Waals surface area contributed by atoms with Gasteiger partial charge in [0.1, 0.15) is 12.4 Å². The van der Waals surface area contributed by atoms with Crippen LogP contribution in [0.5, 0.6) is 5.88 Å². The summed E-state index contributed by atoms with van der Waals surface area (Å²) in [6.07, 6.45) is 10.0. The van der Waals surface area contributed by atoms with Gasteiger partial charge in [0, 0.05) is 37.5 Å². The van der Waals surface area contributed by atoms with Crippen LogP contribution in [0.25, 0.3) is 11.3 Å². The Morgan fingerprint density at radius 1 is 1.22 bits per heavy atom. The number of aromatic nitrogens is 3. The average molecular weight is 361 g/mol. The van der Waals surface area contributed by atoms with E-state index in [1.807, 2.05) is 42.6 Å². The van der Waals surface area contributed by atoms with Crippen molar-refractivity contribution in [1.29, 1.82) is 0 Å². The van der Waals surface area contributed by atoms with Gasteiger partial charge in [0.25, 0.3) is 0 Å². The molecule has 3 aromatic heterocycles. The number of nitrogens with two attached hydrogens (primary N) is 1.